The van der Waals surface area contributed by atoms with Gasteiger partial charge in [0.05, 0.1) is 6.61 Å². The van der Waals surface area contributed by atoms with Crippen LogP contribution in [-0.2, 0) is 18.0 Å². The van der Waals surface area contributed by atoms with Gasteiger partial charge in [-0.25, -0.2) is 9.13 Å². The number of hydrogen-bond acceptors (Lipinski definition) is 4. The first kappa shape index (κ1) is 25.0. The number of rotatable bonds is 8. The van der Waals surface area contributed by atoms with Gasteiger partial charge in [0.1, 0.15) is 0 Å². The summed E-state index contributed by atoms with van der Waals surface area (Å²) >= 11 is 0. The summed E-state index contributed by atoms with van der Waals surface area (Å²) in [5.74, 6) is 1.27. The van der Waals surface area contributed by atoms with E-state index in [2.05, 4.69) is 42.6 Å². The lowest BCUT2D eigenvalue weighted by Gasteiger charge is -2.58. The van der Waals surface area contributed by atoms with Gasteiger partial charge in [0.2, 0.25) is 0 Å². The van der Waals surface area contributed by atoms with Crippen molar-refractivity contribution in [3.05, 3.63) is 23.3 Å². The van der Waals surface area contributed by atoms with Crippen LogP contribution in [0.25, 0.3) is 0 Å². The molecule has 1 saturated carbocycles. The third-order valence-corrected chi connectivity index (χ3v) is 9.68. The molecule has 9 heteroatoms. The Morgan fingerprint density at radius 1 is 1.28 bits per heavy atom. The third kappa shape index (κ3) is 6.13. The van der Waals surface area contributed by atoms with Crippen LogP contribution in [0.3, 0.4) is 0 Å². The molecule has 0 radical (unpaired) electrons. The SMILES string of the molecule is CC1=CCC[C@H]2[C@](C)(CC/C(C)=C/COP(=O)(O)OP(=O)(O)O)[C@@H](C)CC[C@]12C. The highest BCUT2D eigenvalue weighted by Crippen LogP contribution is 2.62. The van der Waals surface area contributed by atoms with Crippen LogP contribution in [-0.4, -0.2) is 21.3 Å². The zero-order valence-electron chi connectivity index (χ0n) is 18.1. The second-order valence-electron chi connectivity index (χ2n) is 9.27. The maximum Gasteiger partial charge on any atom is 0.481 e. The average Bonchev–Trinajstić information content (AvgIpc) is 2.57. The quantitative estimate of drug-likeness (QED) is 0.319. The molecule has 0 saturated heterocycles. The fraction of sp³-hybridized carbons (Fsp3) is 0.800. The summed E-state index contributed by atoms with van der Waals surface area (Å²) < 4.78 is 30.6. The van der Waals surface area contributed by atoms with Crippen molar-refractivity contribution in [2.75, 3.05) is 6.61 Å². The summed E-state index contributed by atoms with van der Waals surface area (Å²) in [5, 5.41) is 0. The number of phosphoric ester groups is 1. The summed E-state index contributed by atoms with van der Waals surface area (Å²) in [5.41, 5.74) is 3.03. The van der Waals surface area contributed by atoms with Gasteiger partial charge in [-0.2, -0.15) is 4.31 Å². The molecule has 29 heavy (non-hydrogen) atoms. The first-order valence-electron chi connectivity index (χ1n) is 10.3. The molecule has 5 atom stereocenters. The summed E-state index contributed by atoms with van der Waals surface area (Å²) in [6, 6.07) is 0. The summed E-state index contributed by atoms with van der Waals surface area (Å²) in [6.45, 7) is 11.2. The Balaban J connectivity index is 2.00. The van der Waals surface area contributed by atoms with E-state index in [1.54, 1.807) is 6.08 Å². The Morgan fingerprint density at radius 3 is 2.55 bits per heavy atom. The molecule has 0 spiro atoms. The third-order valence-electron chi connectivity index (χ3n) is 7.53. The van der Waals surface area contributed by atoms with Crippen molar-refractivity contribution in [3.8, 4) is 0 Å². The molecule has 1 fully saturated rings. The zero-order valence-corrected chi connectivity index (χ0v) is 19.9. The Morgan fingerprint density at radius 2 is 1.93 bits per heavy atom. The second kappa shape index (κ2) is 9.08. The van der Waals surface area contributed by atoms with E-state index in [-0.39, 0.29) is 17.4 Å². The fourth-order valence-corrected chi connectivity index (χ4v) is 6.86. The predicted octanol–water partition coefficient (Wildman–Crippen LogP) is 5.74. The molecule has 0 amide bonds. The molecule has 168 valence electrons. The number of phosphoric acid groups is 2. The fourth-order valence-electron chi connectivity index (χ4n) is 5.33. The molecule has 0 aliphatic heterocycles. The standard InChI is InChI=1S/C20H36O7P2/c1-15(11-14-26-29(24,25)27-28(21,22)23)9-12-19(4)17(3)10-13-20(5)16(2)7-6-8-18(19)20/h7,11,17-18H,6,8-10,12-14H2,1-5H3,(H,24,25)(H2,21,22,23)/b15-11+/t17-,18-,19+,20+/m0/s1. The molecule has 0 aromatic heterocycles. The molecule has 0 bridgehead atoms. The monoisotopic (exact) mass is 450 g/mol. The van der Waals surface area contributed by atoms with Gasteiger partial charge in [0.25, 0.3) is 0 Å². The van der Waals surface area contributed by atoms with Crippen LogP contribution in [0.5, 0.6) is 0 Å². The topological polar surface area (TPSA) is 113 Å². The predicted molar refractivity (Wildman–Crippen MR) is 113 cm³/mol. The van der Waals surface area contributed by atoms with E-state index >= 15 is 0 Å². The summed E-state index contributed by atoms with van der Waals surface area (Å²) in [7, 11) is -9.88. The summed E-state index contributed by atoms with van der Waals surface area (Å²) in [4.78, 5) is 26.6. The Labute approximate surface area is 174 Å². The van der Waals surface area contributed by atoms with Crippen molar-refractivity contribution in [1.29, 1.82) is 0 Å². The molecule has 2 rings (SSSR count). The highest BCUT2D eigenvalue weighted by molar-refractivity contribution is 7.60. The highest BCUT2D eigenvalue weighted by atomic mass is 31.3. The first-order valence-corrected chi connectivity index (χ1v) is 13.3. The van der Waals surface area contributed by atoms with Crippen molar-refractivity contribution in [1.82, 2.24) is 0 Å². The number of hydrogen-bond donors (Lipinski definition) is 3. The van der Waals surface area contributed by atoms with E-state index in [1.165, 1.54) is 24.8 Å². The molecule has 0 aromatic rings. The van der Waals surface area contributed by atoms with Gasteiger partial charge in [0.15, 0.2) is 0 Å². The van der Waals surface area contributed by atoms with E-state index in [9.17, 15) is 14.0 Å². The van der Waals surface area contributed by atoms with E-state index < -0.39 is 15.6 Å². The maximum absolute atomic E-state index is 11.5. The van der Waals surface area contributed by atoms with Crippen molar-refractivity contribution in [2.24, 2.45) is 22.7 Å². The lowest BCUT2D eigenvalue weighted by molar-refractivity contribution is -0.0466. The van der Waals surface area contributed by atoms with E-state index in [1.807, 2.05) is 6.92 Å². The van der Waals surface area contributed by atoms with Gasteiger partial charge in [-0.1, -0.05) is 44.1 Å². The van der Waals surface area contributed by atoms with Crippen LogP contribution in [0, 0.1) is 22.7 Å². The van der Waals surface area contributed by atoms with Crippen molar-refractivity contribution in [2.45, 2.75) is 73.1 Å². The van der Waals surface area contributed by atoms with Gasteiger partial charge in [-0.05, 0) is 75.0 Å². The van der Waals surface area contributed by atoms with Crippen LogP contribution < -0.4 is 0 Å². The molecule has 0 heterocycles. The summed E-state index contributed by atoms with van der Waals surface area (Å²) in [6.07, 6.45) is 10.8. The van der Waals surface area contributed by atoms with Gasteiger partial charge in [0, 0.05) is 0 Å². The molecule has 1 unspecified atom stereocenters. The molecular formula is C20H36O7P2. The number of fused-ring (bicyclic) bond motifs is 1. The van der Waals surface area contributed by atoms with Crippen LogP contribution in [0.1, 0.15) is 73.1 Å². The molecular weight excluding hydrogens is 414 g/mol. The van der Waals surface area contributed by atoms with Gasteiger partial charge >= 0.3 is 15.6 Å². The van der Waals surface area contributed by atoms with Gasteiger partial charge in [-0.3, -0.25) is 4.52 Å². The zero-order chi connectivity index (χ0) is 22.1. The van der Waals surface area contributed by atoms with Crippen molar-refractivity contribution >= 4 is 15.6 Å². The smallest absolute Gasteiger partial charge is 0.302 e. The largest absolute Gasteiger partial charge is 0.481 e. The highest BCUT2D eigenvalue weighted by Gasteiger charge is 2.52. The van der Waals surface area contributed by atoms with Crippen molar-refractivity contribution < 1.29 is 32.6 Å². The van der Waals surface area contributed by atoms with Crippen molar-refractivity contribution in [3.63, 3.8) is 0 Å². The molecule has 0 aromatic carbocycles. The minimum absolute atomic E-state index is 0.217. The lowest BCUT2D eigenvalue weighted by Crippen LogP contribution is -2.49. The Hall–Kier alpha value is -0.260. The van der Waals surface area contributed by atoms with E-state index in [4.69, 9.17) is 9.79 Å². The number of allylic oxidation sites excluding steroid dienone is 3. The maximum atomic E-state index is 11.5. The second-order valence-corrected chi connectivity index (χ2v) is 12.1. The Kier molecular flexibility index (Phi) is 7.83. The van der Waals surface area contributed by atoms with E-state index in [0.29, 0.717) is 11.8 Å². The average molecular weight is 450 g/mol. The van der Waals surface area contributed by atoms with Crippen LogP contribution in [0.2, 0.25) is 0 Å². The Bertz CT molecular complexity index is 756. The normalized spacial score (nSPS) is 35.6. The molecule has 2 aliphatic rings. The lowest BCUT2D eigenvalue weighted by atomic mass is 9.47. The van der Waals surface area contributed by atoms with Crippen LogP contribution >= 0.6 is 15.6 Å². The van der Waals surface area contributed by atoms with E-state index in [0.717, 1.165) is 24.8 Å². The minimum Gasteiger partial charge on any atom is -0.302 e. The first-order chi connectivity index (χ1) is 13.2. The minimum atomic E-state index is -5.09. The molecule has 3 N–H and O–H groups in total. The molecule has 7 nitrogen and oxygen atoms in total. The van der Waals surface area contributed by atoms with Gasteiger partial charge in [-0.15, -0.1) is 0 Å². The van der Waals surface area contributed by atoms with Gasteiger partial charge < -0.3 is 14.7 Å². The van der Waals surface area contributed by atoms with Crippen LogP contribution in [0.15, 0.2) is 23.3 Å². The molecule has 2 aliphatic carbocycles. The van der Waals surface area contributed by atoms with Crippen LogP contribution in [0.4, 0.5) is 0 Å².